The normalized spacial score (nSPS) is 22.4. The molecular weight excluding hydrogens is 376 g/mol. The van der Waals surface area contributed by atoms with Gasteiger partial charge in [0.1, 0.15) is 0 Å². The second kappa shape index (κ2) is 8.72. The first kappa shape index (κ1) is 22.2. The molecule has 1 aliphatic heterocycles. The molecule has 1 aliphatic rings. The van der Waals surface area contributed by atoms with Gasteiger partial charge in [0.2, 0.25) is 0 Å². The molecule has 0 spiro atoms. The van der Waals surface area contributed by atoms with Crippen LogP contribution in [0, 0.1) is 5.92 Å². The van der Waals surface area contributed by atoms with Crippen LogP contribution in [0.25, 0.3) is 0 Å². The molecule has 29 heavy (non-hydrogen) atoms. The quantitative estimate of drug-likeness (QED) is 0.641. The molecule has 2 aromatic carbocycles. The summed E-state index contributed by atoms with van der Waals surface area (Å²) in [5.41, 5.74) is 0. The summed E-state index contributed by atoms with van der Waals surface area (Å²) in [4.78, 5) is 0. The highest BCUT2D eigenvalue weighted by molar-refractivity contribution is 6.99. The van der Waals surface area contributed by atoms with E-state index in [9.17, 15) is 0 Å². The Labute approximate surface area is 177 Å². The molecule has 0 bridgehead atoms. The molecule has 2 aromatic rings. The Bertz CT molecular complexity index is 728. The van der Waals surface area contributed by atoms with Crippen LogP contribution in [0.5, 0.6) is 0 Å². The fourth-order valence-electron chi connectivity index (χ4n) is 4.39. The van der Waals surface area contributed by atoms with Crippen molar-refractivity contribution in [3.63, 3.8) is 0 Å². The van der Waals surface area contributed by atoms with Gasteiger partial charge in [-0.2, -0.15) is 0 Å². The topological polar surface area (TPSA) is 27.7 Å². The van der Waals surface area contributed by atoms with Crippen LogP contribution in [-0.2, 0) is 13.9 Å². The molecule has 0 N–H and O–H groups in total. The smallest absolute Gasteiger partial charge is 0.261 e. The van der Waals surface area contributed by atoms with Gasteiger partial charge in [0.05, 0.1) is 12.7 Å². The van der Waals surface area contributed by atoms with E-state index in [0.29, 0.717) is 12.5 Å². The minimum Gasteiger partial charge on any atom is -0.407 e. The summed E-state index contributed by atoms with van der Waals surface area (Å²) < 4.78 is 19.0. The average Bonchev–Trinajstić information content (AvgIpc) is 2.68. The van der Waals surface area contributed by atoms with Crippen LogP contribution in [0.1, 0.15) is 48.0 Å². The van der Waals surface area contributed by atoms with E-state index < -0.39 is 14.1 Å². The Balaban J connectivity index is 1.90. The lowest BCUT2D eigenvalue weighted by atomic mass is 10.0. The van der Waals surface area contributed by atoms with Crippen LogP contribution < -0.4 is 10.4 Å². The van der Waals surface area contributed by atoms with E-state index in [4.69, 9.17) is 13.9 Å². The average molecular weight is 413 g/mol. The van der Waals surface area contributed by atoms with Gasteiger partial charge >= 0.3 is 0 Å². The van der Waals surface area contributed by atoms with Crippen molar-refractivity contribution in [3.8, 4) is 0 Å². The van der Waals surface area contributed by atoms with E-state index in [2.05, 4.69) is 88.4 Å². The molecule has 1 fully saturated rings. The first-order chi connectivity index (χ1) is 13.7. The number of benzene rings is 2. The van der Waals surface area contributed by atoms with Gasteiger partial charge in [0, 0.05) is 12.5 Å². The number of rotatable bonds is 6. The lowest BCUT2D eigenvalue weighted by molar-refractivity contribution is -0.292. The van der Waals surface area contributed by atoms with E-state index in [1.54, 1.807) is 0 Å². The molecule has 4 heteroatoms. The summed E-state index contributed by atoms with van der Waals surface area (Å²) in [5.74, 6) is -0.153. The fourth-order valence-corrected chi connectivity index (χ4v) is 8.97. The maximum absolute atomic E-state index is 7.00. The maximum Gasteiger partial charge on any atom is 0.261 e. The zero-order valence-electron chi connectivity index (χ0n) is 18.8. The van der Waals surface area contributed by atoms with Crippen LogP contribution in [0.15, 0.2) is 60.7 Å². The van der Waals surface area contributed by atoms with Crippen molar-refractivity contribution >= 4 is 18.7 Å². The zero-order valence-corrected chi connectivity index (χ0v) is 19.8. The Morgan fingerprint density at radius 1 is 0.966 bits per heavy atom. The highest BCUT2D eigenvalue weighted by Gasteiger charge is 2.50. The molecule has 0 unspecified atom stereocenters. The van der Waals surface area contributed by atoms with Gasteiger partial charge in [0.25, 0.3) is 8.32 Å². The third kappa shape index (κ3) is 4.83. The minimum atomic E-state index is -2.48. The molecule has 1 heterocycles. The van der Waals surface area contributed by atoms with Crippen molar-refractivity contribution in [2.75, 3.05) is 13.2 Å². The Kier molecular flexibility index (Phi) is 6.69. The van der Waals surface area contributed by atoms with Gasteiger partial charge in [-0.25, -0.2) is 0 Å². The molecule has 0 radical (unpaired) electrons. The van der Waals surface area contributed by atoms with E-state index in [1.165, 1.54) is 10.4 Å². The molecule has 2 atom stereocenters. The van der Waals surface area contributed by atoms with Crippen LogP contribution >= 0.6 is 0 Å². The second-order valence-electron chi connectivity index (χ2n) is 9.64. The van der Waals surface area contributed by atoms with Crippen molar-refractivity contribution in [2.24, 2.45) is 5.92 Å². The molecule has 0 saturated carbocycles. The lowest BCUT2D eigenvalue weighted by Crippen LogP contribution is -2.66. The van der Waals surface area contributed by atoms with Crippen LogP contribution in [0.4, 0.5) is 0 Å². The number of hydrogen-bond donors (Lipinski definition) is 0. The van der Waals surface area contributed by atoms with E-state index in [0.717, 1.165) is 13.0 Å². The summed E-state index contributed by atoms with van der Waals surface area (Å²) in [5, 5.41) is 2.64. The predicted molar refractivity (Wildman–Crippen MR) is 122 cm³/mol. The van der Waals surface area contributed by atoms with Gasteiger partial charge in [-0.05, 0) is 35.7 Å². The van der Waals surface area contributed by atoms with Crippen molar-refractivity contribution in [2.45, 2.75) is 64.9 Å². The van der Waals surface area contributed by atoms with E-state index in [-0.39, 0.29) is 11.1 Å². The van der Waals surface area contributed by atoms with Crippen LogP contribution in [0.3, 0.4) is 0 Å². The van der Waals surface area contributed by atoms with Crippen molar-refractivity contribution in [1.29, 1.82) is 0 Å². The minimum absolute atomic E-state index is 0.00285. The lowest BCUT2D eigenvalue weighted by Gasteiger charge is -2.44. The monoisotopic (exact) mass is 412 g/mol. The highest BCUT2D eigenvalue weighted by atomic mass is 28.4. The Morgan fingerprint density at radius 3 is 1.97 bits per heavy atom. The first-order valence-corrected chi connectivity index (χ1v) is 12.6. The summed E-state index contributed by atoms with van der Waals surface area (Å²) in [6, 6.07) is 21.6. The number of ether oxygens (including phenoxy) is 2. The van der Waals surface area contributed by atoms with Gasteiger partial charge in [-0.3, -0.25) is 0 Å². The van der Waals surface area contributed by atoms with Crippen molar-refractivity contribution in [3.05, 3.63) is 60.7 Å². The van der Waals surface area contributed by atoms with Gasteiger partial charge < -0.3 is 13.9 Å². The summed E-state index contributed by atoms with van der Waals surface area (Å²) in [7, 11) is -2.48. The molecule has 158 valence electrons. The fraction of sp³-hybridized carbons (Fsp3) is 0.520. The molecule has 0 aliphatic carbocycles. The van der Waals surface area contributed by atoms with E-state index >= 15 is 0 Å². The molecule has 1 saturated heterocycles. The van der Waals surface area contributed by atoms with Gasteiger partial charge in [0.15, 0.2) is 5.79 Å². The van der Waals surface area contributed by atoms with Crippen molar-refractivity contribution in [1.82, 2.24) is 0 Å². The SMILES string of the molecule is C[C@@H]1COC(C)(C)O[C@H]1CCO[Si](c1ccccc1)(c1ccccc1)C(C)(C)C. The van der Waals surface area contributed by atoms with Gasteiger partial charge in [-0.1, -0.05) is 88.4 Å². The predicted octanol–water partition coefficient (Wildman–Crippen LogP) is 4.74. The molecule has 3 rings (SSSR count). The number of hydrogen-bond acceptors (Lipinski definition) is 3. The summed E-state index contributed by atoms with van der Waals surface area (Å²) in [6.07, 6.45) is 1.02. The van der Waals surface area contributed by atoms with E-state index in [1.807, 2.05) is 13.8 Å². The Morgan fingerprint density at radius 2 is 1.48 bits per heavy atom. The van der Waals surface area contributed by atoms with Crippen molar-refractivity contribution < 1.29 is 13.9 Å². The summed E-state index contributed by atoms with van der Waals surface area (Å²) >= 11 is 0. The first-order valence-electron chi connectivity index (χ1n) is 10.7. The molecule has 0 aromatic heterocycles. The van der Waals surface area contributed by atoms with Crippen LogP contribution in [0.2, 0.25) is 5.04 Å². The summed E-state index contributed by atoms with van der Waals surface area (Å²) in [6.45, 7) is 14.5. The largest absolute Gasteiger partial charge is 0.407 e. The molecule has 0 amide bonds. The third-order valence-electron chi connectivity index (χ3n) is 5.90. The maximum atomic E-state index is 7.00. The van der Waals surface area contributed by atoms with Gasteiger partial charge in [-0.15, -0.1) is 0 Å². The Hall–Kier alpha value is -1.46. The standard InChI is InChI=1S/C25H36O3Si/c1-20-19-26-25(5,6)28-23(20)17-18-27-29(24(2,3)4,21-13-9-7-10-14-21)22-15-11-8-12-16-22/h7-16,20,23H,17-19H2,1-6H3/t20-,23+/m1/s1. The molecular formula is C25H36O3Si. The highest BCUT2D eigenvalue weighted by Crippen LogP contribution is 2.37. The second-order valence-corrected chi connectivity index (χ2v) is 14.0. The zero-order chi connectivity index (χ0) is 21.1. The third-order valence-corrected chi connectivity index (χ3v) is 10.9. The van der Waals surface area contributed by atoms with Crippen LogP contribution in [-0.4, -0.2) is 33.4 Å². The molecule has 3 nitrogen and oxygen atoms in total.